The van der Waals surface area contributed by atoms with E-state index in [1.165, 1.54) is 0 Å². The maximum Gasteiger partial charge on any atom is 0.269 e. The van der Waals surface area contributed by atoms with Crippen molar-refractivity contribution in [2.75, 3.05) is 16.4 Å². The summed E-state index contributed by atoms with van der Waals surface area (Å²) in [5.74, 6) is 0.426. The molecule has 0 radical (unpaired) electrons. The van der Waals surface area contributed by atoms with E-state index >= 15 is 0 Å². The number of benzene rings is 4. The zero-order valence-electron chi connectivity index (χ0n) is 21.3. The van der Waals surface area contributed by atoms with Crippen molar-refractivity contribution in [2.45, 2.75) is 6.54 Å². The number of rotatable bonds is 11. The van der Waals surface area contributed by atoms with Crippen molar-refractivity contribution in [3.05, 3.63) is 130 Å². The average molecular weight is 569 g/mol. The van der Waals surface area contributed by atoms with Gasteiger partial charge in [0.25, 0.3) is 5.91 Å². The molecular formula is C31H25ClN4O3S. The highest BCUT2D eigenvalue weighted by atomic mass is 35.5. The summed E-state index contributed by atoms with van der Waals surface area (Å²) < 4.78 is 5.79. The Bertz CT molecular complexity index is 1500. The summed E-state index contributed by atoms with van der Waals surface area (Å²) in [6.45, 7) is 0.374. The van der Waals surface area contributed by atoms with E-state index in [-0.39, 0.29) is 22.3 Å². The minimum Gasteiger partial charge on any atom is -0.457 e. The maximum absolute atomic E-state index is 13.2. The van der Waals surface area contributed by atoms with Crippen molar-refractivity contribution in [1.29, 1.82) is 5.26 Å². The number of halogens is 1. The Morgan fingerprint density at radius 2 is 1.35 bits per heavy atom. The van der Waals surface area contributed by atoms with E-state index in [1.807, 2.05) is 66.7 Å². The molecule has 0 atom stereocenters. The topological polar surface area (TPSA) is 103 Å². The van der Waals surface area contributed by atoms with Crippen LogP contribution in [0.25, 0.3) is 0 Å². The van der Waals surface area contributed by atoms with E-state index in [0.717, 1.165) is 17.3 Å². The van der Waals surface area contributed by atoms with Gasteiger partial charge in [0, 0.05) is 22.9 Å². The average Bonchev–Trinajstić information content (AvgIpc) is 2.98. The summed E-state index contributed by atoms with van der Waals surface area (Å²) in [6.07, 6.45) is 0. The van der Waals surface area contributed by atoms with Crippen molar-refractivity contribution in [3.8, 4) is 17.6 Å². The van der Waals surface area contributed by atoms with Gasteiger partial charge in [0.15, 0.2) is 0 Å². The molecule has 40 heavy (non-hydrogen) atoms. The van der Waals surface area contributed by atoms with Gasteiger partial charge < -0.3 is 20.7 Å². The number of hydrogen-bond donors (Lipinski definition) is 3. The number of anilines is 2. The number of ether oxygens (including phenoxy) is 1. The second kappa shape index (κ2) is 14.4. The zero-order valence-corrected chi connectivity index (χ0v) is 22.8. The first kappa shape index (κ1) is 28.3. The molecule has 2 amide bonds. The van der Waals surface area contributed by atoms with Crippen molar-refractivity contribution < 1.29 is 14.3 Å². The van der Waals surface area contributed by atoms with Crippen LogP contribution < -0.4 is 20.7 Å². The molecule has 3 N–H and O–H groups in total. The molecule has 9 heteroatoms. The lowest BCUT2D eigenvalue weighted by atomic mass is 10.2. The first-order chi connectivity index (χ1) is 19.5. The molecule has 0 aliphatic carbocycles. The molecule has 7 nitrogen and oxygen atoms in total. The molecular weight excluding hydrogens is 544 g/mol. The van der Waals surface area contributed by atoms with Crippen molar-refractivity contribution in [2.24, 2.45) is 0 Å². The molecule has 200 valence electrons. The van der Waals surface area contributed by atoms with E-state index < -0.39 is 5.91 Å². The van der Waals surface area contributed by atoms with Crippen LogP contribution in [0.4, 0.5) is 11.4 Å². The van der Waals surface area contributed by atoms with E-state index in [0.29, 0.717) is 34.4 Å². The Kier molecular flexibility index (Phi) is 10.2. The molecule has 4 aromatic rings. The number of hydrogen-bond acceptors (Lipinski definition) is 6. The Morgan fingerprint density at radius 3 is 2.00 bits per heavy atom. The van der Waals surface area contributed by atoms with Crippen LogP contribution in [0.1, 0.15) is 5.56 Å². The van der Waals surface area contributed by atoms with Crippen LogP contribution in [0.5, 0.6) is 11.5 Å². The number of carbonyl (C=O) groups excluding carboxylic acids is 2. The second-order valence-corrected chi connectivity index (χ2v) is 9.81. The highest BCUT2D eigenvalue weighted by molar-refractivity contribution is 8.03. The van der Waals surface area contributed by atoms with Gasteiger partial charge in [0.05, 0.1) is 10.8 Å². The van der Waals surface area contributed by atoms with Gasteiger partial charge >= 0.3 is 0 Å². The number of nitrogens with one attached hydrogen (secondary N) is 3. The predicted molar refractivity (Wildman–Crippen MR) is 160 cm³/mol. The molecule has 0 aliphatic rings. The van der Waals surface area contributed by atoms with Crippen LogP contribution in [0.15, 0.2) is 120 Å². The fourth-order valence-electron chi connectivity index (χ4n) is 3.45. The van der Waals surface area contributed by atoms with E-state index in [1.54, 1.807) is 48.5 Å². The van der Waals surface area contributed by atoms with Crippen LogP contribution in [0.2, 0.25) is 5.02 Å². The monoisotopic (exact) mass is 568 g/mol. The smallest absolute Gasteiger partial charge is 0.269 e. The molecule has 0 aromatic heterocycles. The Hall–Kier alpha value is -4.71. The minimum atomic E-state index is -0.618. The molecule has 0 unspecified atom stereocenters. The Morgan fingerprint density at radius 1 is 0.775 bits per heavy atom. The second-order valence-electron chi connectivity index (χ2n) is 8.39. The zero-order chi connectivity index (χ0) is 28.2. The highest BCUT2D eigenvalue weighted by Gasteiger charge is 2.18. The summed E-state index contributed by atoms with van der Waals surface area (Å²) in [7, 11) is 0. The normalized spacial score (nSPS) is 11.0. The SMILES string of the molecule is N#CC(C(=O)Nc1ccc(Oc2ccccc2)cc1)=C(Nc1ccc(Cl)cc1)SCC(=O)NCc1ccccc1. The number of para-hydroxylation sites is 1. The van der Waals surface area contributed by atoms with E-state index in [9.17, 15) is 14.9 Å². The van der Waals surface area contributed by atoms with Crippen LogP contribution in [0, 0.1) is 11.3 Å². The highest BCUT2D eigenvalue weighted by Crippen LogP contribution is 2.26. The predicted octanol–water partition coefficient (Wildman–Crippen LogP) is 6.97. The molecule has 4 rings (SSSR count). The molecule has 0 heterocycles. The lowest BCUT2D eigenvalue weighted by Gasteiger charge is -2.14. The fourth-order valence-corrected chi connectivity index (χ4v) is 4.43. The van der Waals surface area contributed by atoms with Gasteiger partial charge in [-0.25, -0.2) is 0 Å². The quantitative estimate of drug-likeness (QED) is 0.133. The first-order valence-electron chi connectivity index (χ1n) is 12.2. The molecule has 0 bridgehead atoms. The molecule has 0 fully saturated rings. The molecule has 0 aliphatic heterocycles. The van der Waals surface area contributed by atoms with Crippen LogP contribution in [-0.2, 0) is 16.1 Å². The van der Waals surface area contributed by atoms with Crippen molar-refractivity contribution in [1.82, 2.24) is 5.32 Å². The van der Waals surface area contributed by atoms with Crippen molar-refractivity contribution in [3.63, 3.8) is 0 Å². The Labute approximate surface area is 241 Å². The van der Waals surface area contributed by atoms with Crippen LogP contribution in [0.3, 0.4) is 0 Å². The molecule has 0 saturated heterocycles. The number of thioether (sulfide) groups is 1. The molecule has 4 aromatic carbocycles. The van der Waals surface area contributed by atoms with Gasteiger partial charge in [-0.3, -0.25) is 9.59 Å². The third-order valence-electron chi connectivity index (χ3n) is 5.44. The number of carbonyl (C=O) groups is 2. The third-order valence-corrected chi connectivity index (χ3v) is 6.69. The third kappa shape index (κ3) is 8.67. The van der Waals surface area contributed by atoms with E-state index in [2.05, 4.69) is 16.0 Å². The fraction of sp³-hybridized carbons (Fsp3) is 0.0645. The van der Waals surface area contributed by atoms with Gasteiger partial charge in [-0.05, 0) is 66.2 Å². The van der Waals surface area contributed by atoms with Crippen LogP contribution in [-0.4, -0.2) is 17.6 Å². The number of nitrogens with zero attached hydrogens (tertiary/aromatic N) is 1. The summed E-state index contributed by atoms with van der Waals surface area (Å²) >= 11 is 7.06. The summed E-state index contributed by atoms with van der Waals surface area (Å²) in [5.41, 5.74) is 1.89. The van der Waals surface area contributed by atoms with Crippen LogP contribution >= 0.6 is 23.4 Å². The van der Waals surface area contributed by atoms with Gasteiger partial charge in [-0.1, -0.05) is 71.9 Å². The number of nitriles is 1. The molecule has 0 spiro atoms. The van der Waals surface area contributed by atoms with Gasteiger partial charge in [-0.2, -0.15) is 5.26 Å². The molecule has 0 saturated carbocycles. The van der Waals surface area contributed by atoms with Gasteiger partial charge in [-0.15, -0.1) is 0 Å². The standard InChI is InChI=1S/C31H25ClN4O3S/c32-23-11-13-25(14-12-23)36-31(40-21-29(37)34-20-22-7-3-1-4-8-22)28(19-33)30(38)35-24-15-17-27(18-16-24)39-26-9-5-2-6-10-26/h1-18,36H,20-21H2,(H,34,37)(H,35,38). The maximum atomic E-state index is 13.2. The lowest BCUT2D eigenvalue weighted by molar-refractivity contribution is -0.118. The lowest BCUT2D eigenvalue weighted by Crippen LogP contribution is -2.25. The first-order valence-corrected chi connectivity index (χ1v) is 13.6. The van der Waals surface area contributed by atoms with Gasteiger partial charge in [0.1, 0.15) is 23.1 Å². The Balaban J connectivity index is 1.46. The summed E-state index contributed by atoms with van der Waals surface area (Å²) in [6, 6.07) is 34.5. The summed E-state index contributed by atoms with van der Waals surface area (Å²) in [5, 5.41) is 19.4. The minimum absolute atomic E-state index is 0.00720. The summed E-state index contributed by atoms with van der Waals surface area (Å²) in [4.78, 5) is 25.7. The van der Waals surface area contributed by atoms with Gasteiger partial charge in [0.2, 0.25) is 5.91 Å². The van der Waals surface area contributed by atoms with E-state index in [4.69, 9.17) is 16.3 Å². The number of amides is 2. The van der Waals surface area contributed by atoms with Crippen molar-refractivity contribution >= 4 is 46.6 Å². The largest absolute Gasteiger partial charge is 0.457 e.